The van der Waals surface area contributed by atoms with Crippen molar-refractivity contribution >= 4 is 29.1 Å². The van der Waals surface area contributed by atoms with Crippen molar-refractivity contribution in [3.05, 3.63) is 28.0 Å². The van der Waals surface area contributed by atoms with Crippen LogP contribution in [0.2, 0.25) is 10.3 Å². The van der Waals surface area contributed by atoms with E-state index in [9.17, 15) is 4.79 Å². The number of amides is 1. The lowest BCUT2D eigenvalue weighted by molar-refractivity contribution is 0.0886. The molecule has 0 radical (unpaired) electrons. The molecular weight excluding hydrogens is 275 g/mol. The van der Waals surface area contributed by atoms with Crippen molar-refractivity contribution in [2.24, 2.45) is 5.92 Å². The zero-order valence-electron chi connectivity index (χ0n) is 10.4. The van der Waals surface area contributed by atoms with Gasteiger partial charge in [-0.2, -0.15) is 0 Å². The molecule has 0 aliphatic carbocycles. The average Bonchev–Trinajstić information content (AvgIpc) is 2.27. The fourth-order valence-electron chi connectivity index (χ4n) is 1.23. The zero-order chi connectivity index (χ0) is 13.5. The minimum Gasteiger partial charge on any atom is -0.379 e. The van der Waals surface area contributed by atoms with E-state index in [0.717, 1.165) is 0 Å². The first kappa shape index (κ1) is 15.2. The second-order valence-corrected chi connectivity index (χ2v) is 4.94. The molecule has 0 aromatic carbocycles. The molecule has 0 aliphatic rings. The Hall–Kier alpha value is -0.840. The Morgan fingerprint density at radius 2 is 2.17 bits per heavy atom. The number of nitrogens with zero attached hydrogens (tertiary/aromatic N) is 1. The van der Waals surface area contributed by atoms with Crippen molar-refractivity contribution in [2.75, 3.05) is 19.8 Å². The Morgan fingerprint density at radius 1 is 1.44 bits per heavy atom. The van der Waals surface area contributed by atoms with Gasteiger partial charge in [-0.1, -0.05) is 37.0 Å². The Labute approximate surface area is 117 Å². The summed E-state index contributed by atoms with van der Waals surface area (Å²) in [5.74, 6) is 0.202. The van der Waals surface area contributed by atoms with Crippen LogP contribution in [-0.2, 0) is 4.74 Å². The van der Waals surface area contributed by atoms with Crippen molar-refractivity contribution in [1.82, 2.24) is 10.3 Å². The van der Waals surface area contributed by atoms with Crippen LogP contribution in [0.15, 0.2) is 12.1 Å². The molecule has 4 nitrogen and oxygen atoms in total. The highest BCUT2D eigenvalue weighted by molar-refractivity contribution is 6.34. The molecule has 0 bridgehead atoms. The van der Waals surface area contributed by atoms with E-state index in [1.165, 1.54) is 6.07 Å². The molecular formula is C12H16Cl2N2O2. The lowest BCUT2D eigenvalue weighted by Gasteiger charge is -2.08. The summed E-state index contributed by atoms with van der Waals surface area (Å²) in [6, 6.07) is 3.07. The molecule has 0 saturated carbocycles. The Bertz CT molecular complexity index is 411. The molecule has 0 atom stereocenters. The molecule has 1 heterocycles. The summed E-state index contributed by atoms with van der Waals surface area (Å²) < 4.78 is 5.35. The summed E-state index contributed by atoms with van der Waals surface area (Å²) in [7, 11) is 0. The van der Waals surface area contributed by atoms with Gasteiger partial charge in [0, 0.05) is 13.2 Å². The molecule has 0 fully saturated rings. The summed E-state index contributed by atoms with van der Waals surface area (Å²) in [6.07, 6.45) is 0. The van der Waals surface area contributed by atoms with Gasteiger partial charge >= 0.3 is 0 Å². The maximum absolute atomic E-state index is 11.7. The van der Waals surface area contributed by atoms with Crippen LogP contribution in [0.5, 0.6) is 0 Å². The summed E-state index contributed by atoms with van der Waals surface area (Å²) in [6.45, 7) is 5.72. The van der Waals surface area contributed by atoms with E-state index in [1.54, 1.807) is 6.07 Å². The number of carbonyl (C=O) groups excluding carboxylic acids is 1. The van der Waals surface area contributed by atoms with E-state index in [2.05, 4.69) is 24.1 Å². The highest BCUT2D eigenvalue weighted by Crippen LogP contribution is 2.16. The van der Waals surface area contributed by atoms with Gasteiger partial charge in [0.25, 0.3) is 5.91 Å². The maximum atomic E-state index is 11.7. The van der Waals surface area contributed by atoms with E-state index in [4.69, 9.17) is 27.9 Å². The molecule has 6 heteroatoms. The lowest BCUT2D eigenvalue weighted by atomic mass is 10.2. The van der Waals surface area contributed by atoms with E-state index >= 15 is 0 Å². The smallest absolute Gasteiger partial charge is 0.254 e. The van der Waals surface area contributed by atoms with Crippen molar-refractivity contribution < 1.29 is 9.53 Å². The monoisotopic (exact) mass is 290 g/mol. The van der Waals surface area contributed by atoms with Crippen LogP contribution in [-0.4, -0.2) is 30.6 Å². The minimum absolute atomic E-state index is 0.100. The van der Waals surface area contributed by atoms with Crippen LogP contribution >= 0.6 is 23.2 Å². The minimum atomic E-state index is -0.280. The van der Waals surface area contributed by atoms with Crippen LogP contribution in [0.4, 0.5) is 0 Å². The fraction of sp³-hybridized carbons (Fsp3) is 0.500. The molecule has 1 rings (SSSR count). The Balaban J connectivity index is 2.36. The first-order valence-electron chi connectivity index (χ1n) is 5.68. The second-order valence-electron chi connectivity index (χ2n) is 4.20. The van der Waals surface area contributed by atoms with Gasteiger partial charge in [0.1, 0.15) is 10.3 Å². The van der Waals surface area contributed by atoms with Gasteiger partial charge in [-0.3, -0.25) is 4.79 Å². The highest BCUT2D eigenvalue weighted by Gasteiger charge is 2.11. The highest BCUT2D eigenvalue weighted by atomic mass is 35.5. The number of hydrogen-bond donors (Lipinski definition) is 1. The third-order valence-corrected chi connectivity index (χ3v) is 2.54. The number of hydrogen-bond acceptors (Lipinski definition) is 3. The third-order valence-electron chi connectivity index (χ3n) is 2.04. The second kappa shape index (κ2) is 7.56. The Morgan fingerprint density at radius 3 is 2.78 bits per heavy atom. The first-order valence-corrected chi connectivity index (χ1v) is 6.44. The molecule has 0 saturated heterocycles. The van der Waals surface area contributed by atoms with Gasteiger partial charge in [0.15, 0.2) is 0 Å². The zero-order valence-corrected chi connectivity index (χ0v) is 11.9. The SMILES string of the molecule is CC(C)COCCNC(=O)c1ccc(Cl)nc1Cl. The van der Waals surface area contributed by atoms with Crippen LogP contribution < -0.4 is 5.32 Å². The lowest BCUT2D eigenvalue weighted by Crippen LogP contribution is -2.28. The van der Waals surface area contributed by atoms with Crippen LogP contribution in [0, 0.1) is 5.92 Å². The summed E-state index contributed by atoms with van der Waals surface area (Å²) >= 11 is 11.5. The van der Waals surface area contributed by atoms with Crippen molar-refractivity contribution in [2.45, 2.75) is 13.8 Å². The summed E-state index contributed by atoms with van der Waals surface area (Å²) in [4.78, 5) is 15.5. The summed E-state index contributed by atoms with van der Waals surface area (Å²) in [5.41, 5.74) is 0.310. The van der Waals surface area contributed by atoms with E-state index < -0.39 is 0 Å². The molecule has 1 aromatic rings. The number of rotatable bonds is 6. The third kappa shape index (κ3) is 5.21. The van der Waals surface area contributed by atoms with Crippen molar-refractivity contribution in [1.29, 1.82) is 0 Å². The van der Waals surface area contributed by atoms with Gasteiger partial charge in [-0.15, -0.1) is 0 Å². The number of nitrogens with one attached hydrogen (secondary N) is 1. The van der Waals surface area contributed by atoms with Crippen LogP contribution in [0.3, 0.4) is 0 Å². The maximum Gasteiger partial charge on any atom is 0.254 e. The van der Waals surface area contributed by atoms with Gasteiger partial charge in [-0.25, -0.2) is 4.98 Å². The molecule has 100 valence electrons. The van der Waals surface area contributed by atoms with Crippen LogP contribution in [0.1, 0.15) is 24.2 Å². The topological polar surface area (TPSA) is 51.2 Å². The predicted octanol–water partition coefficient (Wildman–Crippen LogP) is 2.79. The number of carbonyl (C=O) groups is 1. The molecule has 1 amide bonds. The van der Waals surface area contributed by atoms with Crippen molar-refractivity contribution in [3.63, 3.8) is 0 Å². The Kier molecular flexibility index (Phi) is 6.39. The fourth-order valence-corrected chi connectivity index (χ4v) is 1.66. The van der Waals surface area contributed by atoms with Crippen LogP contribution in [0.25, 0.3) is 0 Å². The van der Waals surface area contributed by atoms with E-state index in [-0.39, 0.29) is 16.2 Å². The average molecular weight is 291 g/mol. The largest absolute Gasteiger partial charge is 0.379 e. The molecule has 1 N–H and O–H groups in total. The standard InChI is InChI=1S/C12H16Cl2N2O2/c1-8(2)7-18-6-5-15-12(17)9-3-4-10(13)16-11(9)14/h3-4,8H,5-7H2,1-2H3,(H,15,17). The van der Waals surface area contributed by atoms with Gasteiger partial charge < -0.3 is 10.1 Å². The molecule has 0 unspecified atom stereocenters. The van der Waals surface area contributed by atoms with E-state index in [0.29, 0.717) is 31.2 Å². The normalized spacial score (nSPS) is 10.7. The molecule has 1 aromatic heterocycles. The number of aromatic nitrogens is 1. The van der Waals surface area contributed by atoms with E-state index in [1.807, 2.05) is 0 Å². The van der Waals surface area contributed by atoms with Crippen molar-refractivity contribution in [3.8, 4) is 0 Å². The van der Waals surface area contributed by atoms with Gasteiger partial charge in [0.2, 0.25) is 0 Å². The molecule has 0 spiro atoms. The predicted molar refractivity (Wildman–Crippen MR) is 72.2 cm³/mol. The van der Waals surface area contributed by atoms with Gasteiger partial charge in [-0.05, 0) is 18.1 Å². The quantitative estimate of drug-likeness (QED) is 0.647. The summed E-state index contributed by atoms with van der Waals surface area (Å²) in [5, 5.41) is 3.06. The number of pyridine rings is 1. The number of halogens is 2. The van der Waals surface area contributed by atoms with Gasteiger partial charge in [0.05, 0.1) is 12.2 Å². The first-order chi connectivity index (χ1) is 8.50. The molecule has 18 heavy (non-hydrogen) atoms. The number of ether oxygens (including phenoxy) is 1. The molecule has 0 aliphatic heterocycles.